The number of hydrogen-bond donors (Lipinski definition) is 1. The molecule has 0 radical (unpaired) electrons. The van der Waals surface area contributed by atoms with Crippen LogP contribution in [0.4, 0.5) is 0 Å². The Labute approximate surface area is 134 Å². The molecule has 0 fully saturated rings. The summed E-state index contributed by atoms with van der Waals surface area (Å²) in [5.74, 6) is 1.44. The number of hydrogen-bond acceptors (Lipinski definition) is 4. The van der Waals surface area contributed by atoms with E-state index in [1.165, 1.54) is 0 Å². The highest BCUT2D eigenvalue weighted by molar-refractivity contribution is 7.99. The second-order valence-electron chi connectivity index (χ2n) is 4.98. The van der Waals surface area contributed by atoms with Gasteiger partial charge >= 0.3 is 0 Å². The summed E-state index contributed by atoms with van der Waals surface area (Å²) < 4.78 is 7.29. The van der Waals surface area contributed by atoms with Gasteiger partial charge in [0.1, 0.15) is 0 Å². The zero-order valence-corrected chi connectivity index (χ0v) is 14.0. The van der Waals surface area contributed by atoms with E-state index < -0.39 is 0 Å². The molecule has 21 heavy (non-hydrogen) atoms. The highest BCUT2D eigenvalue weighted by atomic mass is 35.5. The second kappa shape index (κ2) is 7.20. The number of ether oxygens (including phenoxy) is 1. The molecule has 1 unspecified atom stereocenters. The summed E-state index contributed by atoms with van der Waals surface area (Å²) >= 11 is 7.81. The molecular weight excluding hydrogens is 306 g/mol. The van der Waals surface area contributed by atoms with Crippen molar-refractivity contribution >= 4 is 23.4 Å². The molecule has 0 aliphatic heterocycles. The smallest absolute Gasteiger partial charge is 0.161 e. The van der Waals surface area contributed by atoms with E-state index >= 15 is 0 Å². The molecule has 0 aliphatic rings. The number of aromatic nitrogens is 2. The third-order valence-corrected chi connectivity index (χ3v) is 4.75. The number of halogens is 1. The maximum Gasteiger partial charge on any atom is 0.161 e. The Bertz CT molecular complexity index is 600. The topological polar surface area (TPSA) is 53.1 Å². The van der Waals surface area contributed by atoms with Crippen molar-refractivity contribution in [2.45, 2.75) is 30.8 Å². The summed E-state index contributed by atoms with van der Waals surface area (Å²) in [6.07, 6.45) is 1.72. The Morgan fingerprint density at radius 1 is 1.38 bits per heavy atom. The summed E-state index contributed by atoms with van der Waals surface area (Å²) in [6.45, 7) is 4.15. The molecule has 1 atom stereocenters. The number of benzene rings is 1. The van der Waals surface area contributed by atoms with Crippen LogP contribution >= 0.6 is 23.4 Å². The minimum atomic E-state index is -0.175. The molecule has 0 saturated heterocycles. The van der Waals surface area contributed by atoms with Crippen LogP contribution in [0.2, 0.25) is 5.02 Å². The molecule has 1 aromatic carbocycles. The molecule has 1 heterocycles. The summed E-state index contributed by atoms with van der Waals surface area (Å²) in [4.78, 5) is 1.03. The molecule has 2 N–H and O–H groups in total. The van der Waals surface area contributed by atoms with E-state index in [-0.39, 0.29) is 12.1 Å². The van der Waals surface area contributed by atoms with Gasteiger partial charge in [-0.1, -0.05) is 23.7 Å². The van der Waals surface area contributed by atoms with Crippen LogP contribution in [0, 0.1) is 0 Å². The number of thioether (sulfide) groups is 1. The molecule has 0 aliphatic carbocycles. The van der Waals surface area contributed by atoms with E-state index in [4.69, 9.17) is 22.1 Å². The summed E-state index contributed by atoms with van der Waals surface area (Å²) in [5, 5.41) is 5.11. The molecule has 2 aromatic rings. The lowest BCUT2D eigenvalue weighted by Crippen LogP contribution is -2.20. The first-order valence-corrected chi connectivity index (χ1v) is 8.15. The largest absolute Gasteiger partial charge is 0.493 e. The lowest BCUT2D eigenvalue weighted by Gasteiger charge is -2.18. The van der Waals surface area contributed by atoms with Crippen molar-refractivity contribution in [1.29, 1.82) is 0 Å². The average molecular weight is 326 g/mol. The molecule has 6 heteroatoms. The summed E-state index contributed by atoms with van der Waals surface area (Å²) in [7, 11) is 1.64. The number of rotatable bonds is 6. The van der Waals surface area contributed by atoms with Crippen molar-refractivity contribution in [3.05, 3.63) is 41.2 Å². The molecule has 2 rings (SSSR count). The molecule has 0 bridgehead atoms. The number of nitrogens with two attached hydrogens (primary N) is 1. The van der Waals surface area contributed by atoms with E-state index in [0.717, 1.165) is 21.4 Å². The highest BCUT2D eigenvalue weighted by Crippen LogP contribution is 2.32. The zero-order chi connectivity index (χ0) is 15.4. The fourth-order valence-corrected chi connectivity index (χ4v) is 3.29. The fraction of sp³-hybridized carbons (Fsp3) is 0.400. The van der Waals surface area contributed by atoms with Gasteiger partial charge in [0, 0.05) is 16.7 Å². The predicted octanol–water partition coefficient (Wildman–Crippen LogP) is 3.92. The lowest BCUT2D eigenvalue weighted by atomic mass is 10.2. The minimum absolute atomic E-state index is 0.175. The van der Waals surface area contributed by atoms with E-state index in [0.29, 0.717) is 5.75 Å². The van der Waals surface area contributed by atoms with Gasteiger partial charge in [-0.25, -0.2) is 0 Å². The van der Waals surface area contributed by atoms with Crippen LogP contribution in [0.1, 0.15) is 31.6 Å². The van der Waals surface area contributed by atoms with Gasteiger partial charge in [-0.15, -0.1) is 11.8 Å². The Morgan fingerprint density at radius 3 is 2.71 bits per heavy atom. The van der Waals surface area contributed by atoms with Gasteiger partial charge < -0.3 is 10.5 Å². The maximum absolute atomic E-state index is 6.35. The van der Waals surface area contributed by atoms with Gasteiger partial charge in [0.2, 0.25) is 0 Å². The monoisotopic (exact) mass is 325 g/mol. The van der Waals surface area contributed by atoms with Crippen molar-refractivity contribution in [2.75, 3.05) is 12.9 Å². The maximum atomic E-state index is 6.35. The Hall–Kier alpha value is -1.17. The van der Waals surface area contributed by atoms with Gasteiger partial charge in [0.25, 0.3) is 0 Å². The summed E-state index contributed by atoms with van der Waals surface area (Å²) in [6, 6.07) is 7.83. The minimum Gasteiger partial charge on any atom is -0.493 e. The van der Waals surface area contributed by atoms with Crippen LogP contribution in [-0.2, 0) is 0 Å². The molecule has 0 spiro atoms. The SMILES string of the molecule is COc1cnn(C(C)C)c1C(N)CSc1ccccc1Cl. The number of methoxy groups -OCH3 is 1. The predicted molar refractivity (Wildman–Crippen MR) is 88.3 cm³/mol. The highest BCUT2D eigenvalue weighted by Gasteiger charge is 2.20. The standard InChI is InChI=1S/C15H20ClN3OS/c1-10(2)19-15(13(20-3)8-18-19)12(17)9-21-14-7-5-4-6-11(14)16/h4-8,10,12H,9,17H2,1-3H3. The third kappa shape index (κ3) is 3.73. The van der Waals surface area contributed by atoms with E-state index in [1.807, 2.05) is 28.9 Å². The first-order valence-electron chi connectivity index (χ1n) is 6.79. The summed E-state index contributed by atoms with van der Waals surface area (Å²) in [5.41, 5.74) is 7.27. The van der Waals surface area contributed by atoms with Crippen molar-refractivity contribution < 1.29 is 4.74 Å². The molecule has 4 nitrogen and oxygen atoms in total. The van der Waals surface area contributed by atoms with Crippen molar-refractivity contribution in [1.82, 2.24) is 9.78 Å². The quantitative estimate of drug-likeness (QED) is 0.818. The van der Waals surface area contributed by atoms with Crippen molar-refractivity contribution in [3.8, 4) is 5.75 Å². The van der Waals surface area contributed by atoms with Crippen molar-refractivity contribution in [3.63, 3.8) is 0 Å². The van der Waals surface area contributed by atoms with Gasteiger partial charge in [-0.05, 0) is 26.0 Å². The molecule has 0 amide bonds. The van der Waals surface area contributed by atoms with E-state index in [9.17, 15) is 0 Å². The Balaban J connectivity index is 2.15. The van der Waals surface area contributed by atoms with Gasteiger partial charge in [0.15, 0.2) is 5.75 Å². The van der Waals surface area contributed by atoms with Crippen LogP contribution in [0.3, 0.4) is 0 Å². The third-order valence-electron chi connectivity index (χ3n) is 3.11. The second-order valence-corrected chi connectivity index (χ2v) is 6.45. The average Bonchev–Trinajstić information content (AvgIpc) is 2.90. The Morgan fingerprint density at radius 2 is 2.10 bits per heavy atom. The van der Waals surface area contributed by atoms with Crippen LogP contribution in [0.5, 0.6) is 5.75 Å². The fourth-order valence-electron chi connectivity index (χ4n) is 2.10. The lowest BCUT2D eigenvalue weighted by molar-refractivity contribution is 0.399. The molecule has 1 aromatic heterocycles. The molecule has 114 valence electrons. The van der Waals surface area contributed by atoms with E-state index in [2.05, 4.69) is 18.9 Å². The number of nitrogens with zero attached hydrogens (tertiary/aromatic N) is 2. The van der Waals surface area contributed by atoms with Gasteiger partial charge in [0.05, 0.1) is 30.1 Å². The first kappa shape index (κ1) is 16.2. The molecule has 0 saturated carbocycles. The van der Waals surface area contributed by atoms with Crippen LogP contribution in [-0.4, -0.2) is 22.6 Å². The zero-order valence-electron chi connectivity index (χ0n) is 12.4. The van der Waals surface area contributed by atoms with Crippen LogP contribution < -0.4 is 10.5 Å². The normalized spacial score (nSPS) is 12.7. The van der Waals surface area contributed by atoms with Gasteiger partial charge in [-0.3, -0.25) is 4.68 Å². The van der Waals surface area contributed by atoms with E-state index in [1.54, 1.807) is 25.1 Å². The van der Waals surface area contributed by atoms with Crippen molar-refractivity contribution in [2.24, 2.45) is 5.73 Å². The molecular formula is C15H20ClN3OS. The first-order chi connectivity index (χ1) is 10.0. The van der Waals surface area contributed by atoms with Crippen LogP contribution in [0.15, 0.2) is 35.4 Å². The van der Waals surface area contributed by atoms with Crippen LogP contribution in [0.25, 0.3) is 0 Å². The van der Waals surface area contributed by atoms with Gasteiger partial charge in [-0.2, -0.15) is 5.10 Å². The Kier molecular flexibility index (Phi) is 5.56.